The minimum absolute atomic E-state index is 0. The topological polar surface area (TPSA) is 74.2 Å². The Morgan fingerprint density at radius 1 is 1.19 bits per heavy atom. The maximum absolute atomic E-state index is 11.7. The second-order valence-corrected chi connectivity index (χ2v) is 10.5. The first-order valence-corrected chi connectivity index (χ1v) is 11.8. The van der Waals surface area contributed by atoms with Crippen molar-refractivity contribution in [3.8, 4) is 0 Å². The van der Waals surface area contributed by atoms with Crippen LogP contribution in [0.15, 0.2) is 4.99 Å². The van der Waals surface area contributed by atoms with Crippen LogP contribution in [0.3, 0.4) is 0 Å². The molecule has 3 aliphatic rings. The highest BCUT2D eigenvalue weighted by Crippen LogP contribution is 2.19. The number of piperazine rings is 1. The molecule has 0 spiro atoms. The van der Waals surface area contributed by atoms with Crippen LogP contribution in [0.25, 0.3) is 0 Å². The fourth-order valence-corrected chi connectivity index (χ4v) is 5.81. The first kappa shape index (κ1) is 23.2. The Bertz CT molecular complexity index is 585. The third-order valence-corrected chi connectivity index (χ3v) is 7.29. The highest BCUT2D eigenvalue weighted by molar-refractivity contribution is 14.0. The Morgan fingerprint density at radius 3 is 2.48 bits per heavy atom. The summed E-state index contributed by atoms with van der Waals surface area (Å²) in [5.41, 5.74) is 0. The number of ether oxygens (including phenoxy) is 1. The number of hydrogen-bond donors (Lipinski definition) is 1. The van der Waals surface area contributed by atoms with Crippen LogP contribution in [0.1, 0.15) is 26.7 Å². The molecule has 0 amide bonds. The molecule has 7 nitrogen and oxygen atoms in total. The van der Waals surface area contributed by atoms with Crippen LogP contribution in [0, 0.1) is 11.8 Å². The van der Waals surface area contributed by atoms with E-state index >= 15 is 0 Å². The van der Waals surface area contributed by atoms with Crippen molar-refractivity contribution in [2.45, 2.75) is 32.7 Å². The summed E-state index contributed by atoms with van der Waals surface area (Å²) in [4.78, 5) is 9.65. The van der Waals surface area contributed by atoms with Gasteiger partial charge in [-0.3, -0.25) is 9.89 Å². The number of sulfone groups is 1. The van der Waals surface area contributed by atoms with E-state index in [-0.39, 0.29) is 29.9 Å². The summed E-state index contributed by atoms with van der Waals surface area (Å²) in [6.07, 6.45) is 1.93. The van der Waals surface area contributed by atoms with Crippen molar-refractivity contribution in [1.82, 2.24) is 15.1 Å². The van der Waals surface area contributed by atoms with E-state index in [4.69, 9.17) is 9.73 Å². The van der Waals surface area contributed by atoms with E-state index < -0.39 is 9.84 Å². The predicted molar refractivity (Wildman–Crippen MR) is 120 cm³/mol. The van der Waals surface area contributed by atoms with Gasteiger partial charge < -0.3 is 15.0 Å². The molecular weight excluding hydrogens is 479 g/mol. The molecule has 3 rings (SSSR count). The van der Waals surface area contributed by atoms with Gasteiger partial charge in [0.05, 0.1) is 18.1 Å². The van der Waals surface area contributed by atoms with Gasteiger partial charge in [0.1, 0.15) is 0 Å². The number of hydrogen-bond acceptors (Lipinski definition) is 5. The van der Waals surface area contributed by atoms with Gasteiger partial charge in [-0.2, -0.15) is 0 Å². The Balaban J connectivity index is 0.00000261. The van der Waals surface area contributed by atoms with E-state index in [1.165, 1.54) is 6.42 Å². The number of rotatable bonds is 5. The zero-order chi connectivity index (χ0) is 18.6. The van der Waals surface area contributed by atoms with Crippen LogP contribution in [0.4, 0.5) is 0 Å². The summed E-state index contributed by atoms with van der Waals surface area (Å²) in [7, 11) is -2.83. The van der Waals surface area contributed by atoms with Crippen LogP contribution < -0.4 is 5.32 Å². The van der Waals surface area contributed by atoms with Crippen molar-refractivity contribution < 1.29 is 13.2 Å². The zero-order valence-electron chi connectivity index (χ0n) is 16.6. The van der Waals surface area contributed by atoms with E-state index in [1.807, 2.05) is 0 Å². The normalized spacial score (nSPS) is 29.1. The maximum Gasteiger partial charge on any atom is 0.194 e. The van der Waals surface area contributed by atoms with E-state index in [9.17, 15) is 8.42 Å². The second kappa shape index (κ2) is 10.6. The summed E-state index contributed by atoms with van der Waals surface area (Å²) in [5.74, 6) is 2.42. The van der Waals surface area contributed by atoms with Gasteiger partial charge in [0, 0.05) is 51.9 Å². The number of nitrogens with one attached hydrogen (secondary N) is 1. The molecule has 1 N–H and O–H groups in total. The number of aliphatic imine (C=N–C) groups is 1. The molecule has 9 heteroatoms. The fourth-order valence-electron chi connectivity index (χ4n) is 3.96. The molecule has 3 heterocycles. The quantitative estimate of drug-likeness (QED) is 0.336. The van der Waals surface area contributed by atoms with Crippen molar-refractivity contribution in [2.75, 3.05) is 64.0 Å². The molecule has 158 valence electrons. The van der Waals surface area contributed by atoms with Crippen LogP contribution in [0.5, 0.6) is 0 Å². The number of guanidine groups is 1. The number of halogens is 1. The molecule has 2 atom stereocenters. The van der Waals surface area contributed by atoms with E-state index in [1.54, 1.807) is 0 Å². The molecule has 0 aliphatic carbocycles. The zero-order valence-corrected chi connectivity index (χ0v) is 19.7. The lowest BCUT2D eigenvalue weighted by atomic mass is 10.1. The van der Waals surface area contributed by atoms with Gasteiger partial charge in [0.15, 0.2) is 15.8 Å². The molecule has 3 aliphatic heterocycles. The van der Waals surface area contributed by atoms with Crippen LogP contribution in [0.2, 0.25) is 0 Å². The summed E-state index contributed by atoms with van der Waals surface area (Å²) in [6.45, 7) is 11.8. The molecule has 0 bridgehead atoms. The van der Waals surface area contributed by atoms with Crippen molar-refractivity contribution in [3.05, 3.63) is 0 Å². The molecule has 0 aromatic heterocycles. The molecule has 0 saturated carbocycles. The molecular formula is C18H35IN4O3S. The van der Waals surface area contributed by atoms with E-state index in [0.29, 0.717) is 30.0 Å². The summed E-state index contributed by atoms with van der Waals surface area (Å²) >= 11 is 0. The highest BCUT2D eigenvalue weighted by Gasteiger charge is 2.28. The lowest BCUT2D eigenvalue weighted by molar-refractivity contribution is 0.139. The maximum atomic E-state index is 11.7. The van der Waals surface area contributed by atoms with Crippen LogP contribution >= 0.6 is 24.0 Å². The minimum Gasteiger partial charge on any atom is -0.381 e. The Labute approximate surface area is 181 Å². The molecule has 27 heavy (non-hydrogen) atoms. The van der Waals surface area contributed by atoms with E-state index in [0.717, 1.165) is 58.3 Å². The van der Waals surface area contributed by atoms with Gasteiger partial charge in [-0.05, 0) is 38.5 Å². The van der Waals surface area contributed by atoms with Gasteiger partial charge in [-0.15, -0.1) is 24.0 Å². The van der Waals surface area contributed by atoms with Crippen LogP contribution in [-0.2, 0) is 14.6 Å². The first-order valence-electron chi connectivity index (χ1n) is 9.98. The van der Waals surface area contributed by atoms with Crippen molar-refractivity contribution in [1.29, 1.82) is 0 Å². The highest BCUT2D eigenvalue weighted by atomic mass is 127. The monoisotopic (exact) mass is 514 g/mol. The molecule has 3 saturated heterocycles. The lowest BCUT2D eigenvalue weighted by Gasteiger charge is -2.38. The molecule has 3 fully saturated rings. The lowest BCUT2D eigenvalue weighted by Crippen LogP contribution is -2.54. The van der Waals surface area contributed by atoms with Crippen molar-refractivity contribution in [2.24, 2.45) is 16.8 Å². The van der Waals surface area contributed by atoms with Crippen molar-refractivity contribution >= 4 is 39.8 Å². The van der Waals surface area contributed by atoms with Gasteiger partial charge >= 0.3 is 0 Å². The van der Waals surface area contributed by atoms with Gasteiger partial charge in [-0.1, -0.05) is 0 Å². The average Bonchev–Trinajstić information content (AvgIpc) is 3.21. The van der Waals surface area contributed by atoms with Gasteiger partial charge in [-0.25, -0.2) is 8.42 Å². The SMILES string of the molecule is CC(C)NC(=NCC1CCS(=O)(=O)C1)N1CCN(CC2CCOC2)CC1.I. The second-order valence-electron chi connectivity index (χ2n) is 8.25. The average molecular weight is 514 g/mol. The fraction of sp³-hybridized carbons (Fsp3) is 0.944. The Kier molecular flexibility index (Phi) is 9.08. The Morgan fingerprint density at radius 2 is 1.93 bits per heavy atom. The molecule has 0 aromatic rings. The third kappa shape index (κ3) is 7.32. The first-order chi connectivity index (χ1) is 12.4. The van der Waals surface area contributed by atoms with Crippen molar-refractivity contribution in [3.63, 3.8) is 0 Å². The number of nitrogens with zero attached hydrogens (tertiary/aromatic N) is 3. The Hall–Kier alpha value is -0.130. The third-order valence-electron chi connectivity index (χ3n) is 5.46. The van der Waals surface area contributed by atoms with Crippen LogP contribution in [-0.4, -0.2) is 94.2 Å². The smallest absolute Gasteiger partial charge is 0.194 e. The molecule has 0 aromatic carbocycles. The standard InChI is InChI=1S/C18H34N4O3S.HI/c1-15(2)20-18(19-11-16-4-10-26(23,24)14-16)22-7-5-21(6-8-22)12-17-3-9-25-13-17;/h15-17H,3-14H2,1-2H3,(H,19,20);1H. The summed E-state index contributed by atoms with van der Waals surface area (Å²) in [6, 6.07) is 0.315. The van der Waals surface area contributed by atoms with Gasteiger partial charge in [0.2, 0.25) is 0 Å². The summed E-state index contributed by atoms with van der Waals surface area (Å²) < 4.78 is 28.8. The molecule has 0 radical (unpaired) electrons. The molecule has 2 unspecified atom stereocenters. The largest absolute Gasteiger partial charge is 0.381 e. The van der Waals surface area contributed by atoms with Gasteiger partial charge in [0.25, 0.3) is 0 Å². The predicted octanol–water partition coefficient (Wildman–Crippen LogP) is 1.05. The minimum atomic E-state index is -2.83. The van der Waals surface area contributed by atoms with E-state index in [2.05, 4.69) is 29.0 Å². The summed E-state index contributed by atoms with van der Waals surface area (Å²) in [5, 5.41) is 3.47.